The maximum atomic E-state index is 6.18. The molecule has 0 aliphatic rings. The van der Waals surface area contributed by atoms with Crippen molar-refractivity contribution in [2.24, 2.45) is 5.73 Å². The summed E-state index contributed by atoms with van der Waals surface area (Å²) in [4.78, 5) is 0. The molecule has 0 spiro atoms. The van der Waals surface area contributed by atoms with Gasteiger partial charge in [0.15, 0.2) is 0 Å². The molecule has 0 saturated carbocycles. The molecular formula is C18H22ClNO. The van der Waals surface area contributed by atoms with E-state index in [-0.39, 0.29) is 11.5 Å². The smallest absolute Gasteiger partial charge is 0.119 e. The maximum Gasteiger partial charge on any atom is 0.119 e. The maximum absolute atomic E-state index is 6.18. The topological polar surface area (TPSA) is 35.2 Å². The molecule has 0 amide bonds. The molecule has 0 fully saturated rings. The molecule has 1 unspecified atom stereocenters. The lowest BCUT2D eigenvalue weighted by atomic mass is 9.86. The highest BCUT2D eigenvalue weighted by atomic mass is 35.5. The van der Waals surface area contributed by atoms with E-state index in [2.05, 4.69) is 45.0 Å². The summed E-state index contributed by atoms with van der Waals surface area (Å²) in [7, 11) is 0. The Morgan fingerprint density at radius 2 is 1.57 bits per heavy atom. The largest absolute Gasteiger partial charge is 0.492 e. The van der Waals surface area contributed by atoms with Crippen molar-refractivity contribution in [3.63, 3.8) is 0 Å². The molecule has 2 aromatic carbocycles. The van der Waals surface area contributed by atoms with Gasteiger partial charge in [0.1, 0.15) is 12.4 Å². The average molecular weight is 304 g/mol. The van der Waals surface area contributed by atoms with Crippen molar-refractivity contribution in [2.45, 2.75) is 32.2 Å². The van der Waals surface area contributed by atoms with Crippen LogP contribution in [-0.2, 0) is 5.41 Å². The van der Waals surface area contributed by atoms with Crippen LogP contribution in [0.25, 0.3) is 0 Å². The predicted octanol–water partition coefficient (Wildman–Crippen LogP) is 4.72. The molecule has 3 heteroatoms. The van der Waals surface area contributed by atoms with Crippen LogP contribution in [0.4, 0.5) is 0 Å². The fourth-order valence-electron chi connectivity index (χ4n) is 2.04. The second kappa shape index (κ2) is 6.50. The first kappa shape index (κ1) is 15.9. The van der Waals surface area contributed by atoms with Crippen molar-refractivity contribution in [3.8, 4) is 5.75 Å². The average Bonchev–Trinajstić information content (AvgIpc) is 2.45. The van der Waals surface area contributed by atoms with E-state index in [4.69, 9.17) is 22.1 Å². The first-order valence-corrected chi connectivity index (χ1v) is 7.48. The molecule has 0 heterocycles. The molecule has 0 radical (unpaired) electrons. The van der Waals surface area contributed by atoms with Crippen LogP contribution >= 0.6 is 11.6 Å². The number of halogens is 1. The van der Waals surface area contributed by atoms with Crippen LogP contribution in [0.15, 0.2) is 48.5 Å². The Balaban J connectivity index is 1.97. The highest BCUT2D eigenvalue weighted by molar-refractivity contribution is 6.30. The lowest BCUT2D eigenvalue weighted by Crippen LogP contribution is -2.19. The molecule has 2 N–H and O–H groups in total. The summed E-state index contributed by atoms with van der Waals surface area (Å²) in [5.74, 6) is 0.779. The van der Waals surface area contributed by atoms with Gasteiger partial charge < -0.3 is 10.5 Å². The fraction of sp³-hybridized carbons (Fsp3) is 0.333. The molecule has 0 aromatic heterocycles. The van der Waals surface area contributed by atoms with Crippen LogP contribution in [-0.4, -0.2) is 6.61 Å². The molecule has 1 atom stereocenters. The van der Waals surface area contributed by atoms with Gasteiger partial charge in [-0.25, -0.2) is 0 Å². The second-order valence-electron chi connectivity index (χ2n) is 6.24. The molecule has 2 rings (SSSR count). The van der Waals surface area contributed by atoms with Crippen LogP contribution in [0.2, 0.25) is 5.02 Å². The summed E-state index contributed by atoms with van der Waals surface area (Å²) < 4.78 is 5.69. The third-order valence-electron chi connectivity index (χ3n) is 3.45. The molecule has 21 heavy (non-hydrogen) atoms. The zero-order valence-corrected chi connectivity index (χ0v) is 13.5. The number of nitrogens with two attached hydrogens (primary N) is 1. The zero-order chi connectivity index (χ0) is 15.5. The van der Waals surface area contributed by atoms with Crippen LogP contribution < -0.4 is 10.5 Å². The van der Waals surface area contributed by atoms with Gasteiger partial charge in [0, 0.05) is 5.02 Å². The zero-order valence-electron chi connectivity index (χ0n) is 12.8. The van der Waals surface area contributed by atoms with Gasteiger partial charge in [-0.1, -0.05) is 56.6 Å². The van der Waals surface area contributed by atoms with Crippen LogP contribution in [0.3, 0.4) is 0 Å². The normalized spacial score (nSPS) is 13.0. The van der Waals surface area contributed by atoms with Crippen molar-refractivity contribution in [1.29, 1.82) is 0 Å². The molecule has 112 valence electrons. The summed E-state index contributed by atoms with van der Waals surface area (Å²) in [5, 5.41) is 0.699. The highest BCUT2D eigenvalue weighted by Gasteiger charge is 2.14. The Labute approximate surface area is 131 Å². The van der Waals surface area contributed by atoms with Gasteiger partial charge in [-0.05, 0) is 40.8 Å². The van der Waals surface area contributed by atoms with Crippen LogP contribution in [0, 0.1) is 0 Å². The van der Waals surface area contributed by atoms with Crippen molar-refractivity contribution < 1.29 is 4.74 Å². The van der Waals surface area contributed by atoms with E-state index in [1.807, 2.05) is 12.1 Å². The van der Waals surface area contributed by atoms with E-state index >= 15 is 0 Å². The minimum absolute atomic E-state index is 0.144. The summed E-state index contributed by atoms with van der Waals surface area (Å²) >= 11 is 5.84. The lowest BCUT2D eigenvalue weighted by Gasteiger charge is -2.20. The van der Waals surface area contributed by atoms with E-state index in [1.54, 1.807) is 12.1 Å². The standard InChI is InChI=1S/C18H22ClNO/c1-18(2,3)14-6-4-13(5-7-14)17(20)12-21-16-10-8-15(19)9-11-16/h4-11,17H,12,20H2,1-3H3. The third-order valence-corrected chi connectivity index (χ3v) is 3.70. The molecule has 0 aliphatic carbocycles. The van der Waals surface area contributed by atoms with Gasteiger partial charge in [-0.3, -0.25) is 0 Å². The van der Waals surface area contributed by atoms with E-state index < -0.39 is 0 Å². The molecule has 0 bridgehead atoms. The van der Waals surface area contributed by atoms with Gasteiger partial charge in [-0.15, -0.1) is 0 Å². The number of rotatable bonds is 4. The lowest BCUT2D eigenvalue weighted by molar-refractivity contribution is 0.290. The van der Waals surface area contributed by atoms with Gasteiger partial charge in [0.2, 0.25) is 0 Å². The number of hydrogen-bond acceptors (Lipinski definition) is 2. The van der Waals surface area contributed by atoms with E-state index in [0.29, 0.717) is 11.6 Å². The summed E-state index contributed by atoms with van der Waals surface area (Å²) in [6.45, 7) is 7.04. The Bertz CT molecular complexity index is 570. The van der Waals surface area contributed by atoms with Gasteiger partial charge >= 0.3 is 0 Å². The monoisotopic (exact) mass is 303 g/mol. The minimum atomic E-state index is -0.144. The van der Waals surface area contributed by atoms with E-state index in [1.165, 1.54) is 5.56 Å². The van der Waals surface area contributed by atoms with Crippen LogP contribution in [0.1, 0.15) is 37.9 Å². The third kappa shape index (κ3) is 4.48. The van der Waals surface area contributed by atoms with Gasteiger partial charge in [0.05, 0.1) is 6.04 Å². The SMILES string of the molecule is CC(C)(C)c1ccc(C(N)COc2ccc(Cl)cc2)cc1. The molecule has 2 nitrogen and oxygen atoms in total. The second-order valence-corrected chi connectivity index (χ2v) is 6.68. The first-order valence-electron chi connectivity index (χ1n) is 7.10. The Hall–Kier alpha value is -1.51. The van der Waals surface area contributed by atoms with Crippen molar-refractivity contribution >= 4 is 11.6 Å². The van der Waals surface area contributed by atoms with Gasteiger partial charge in [0.25, 0.3) is 0 Å². The number of benzene rings is 2. The summed E-state index contributed by atoms with van der Waals surface area (Å²) in [5.41, 5.74) is 8.72. The fourth-order valence-corrected chi connectivity index (χ4v) is 2.17. The molecule has 0 aliphatic heterocycles. The van der Waals surface area contributed by atoms with Crippen LogP contribution in [0.5, 0.6) is 5.75 Å². The Morgan fingerprint density at radius 1 is 1.00 bits per heavy atom. The summed E-state index contributed by atoms with van der Waals surface area (Å²) in [6, 6.07) is 15.6. The summed E-state index contributed by atoms with van der Waals surface area (Å²) in [6.07, 6.45) is 0. The molecule has 0 saturated heterocycles. The first-order chi connectivity index (χ1) is 9.86. The number of ether oxygens (including phenoxy) is 1. The Kier molecular flexibility index (Phi) is 4.92. The van der Waals surface area contributed by atoms with E-state index in [0.717, 1.165) is 11.3 Å². The van der Waals surface area contributed by atoms with Crippen molar-refractivity contribution in [3.05, 3.63) is 64.7 Å². The predicted molar refractivity (Wildman–Crippen MR) is 89.0 cm³/mol. The molecule has 2 aromatic rings. The highest BCUT2D eigenvalue weighted by Crippen LogP contribution is 2.24. The minimum Gasteiger partial charge on any atom is -0.492 e. The van der Waals surface area contributed by atoms with Gasteiger partial charge in [-0.2, -0.15) is 0 Å². The number of hydrogen-bond donors (Lipinski definition) is 1. The Morgan fingerprint density at radius 3 is 2.10 bits per heavy atom. The van der Waals surface area contributed by atoms with E-state index in [9.17, 15) is 0 Å². The van der Waals surface area contributed by atoms with Crippen molar-refractivity contribution in [2.75, 3.05) is 6.61 Å². The molecular weight excluding hydrogens is 282 g/mol. The quantitative estimate of drug-likeness (QED) is 0.887. The van der Waals surface area contributed by atoms with Crippen molar-refractivity contribution in [1.82, 2.24) is 0 Å².